The zero-order valence-electron chi connectivity index (χ0n) is 6.38. The van der Waals surface area contributed by atoms with Crippen LogP contribution < -0.4 is 0 Å². The van der Waals surface area contributed by atoms with Gasteiger partial charge < -0.3 is 5.11 Å². The summed E-state index contributed by atoms with van der Waals surface area (Å²) in [6, 6.07) is 9.02. The zero-order valence-corrected chi connectivity index (χ0v) is 6.38. The summed E-state index contributed by atoms with van der Waals surface area (Å²) in [6.45, 7) is 0. The normalized spacial score (nSPS) is 22.8. The second-order valence-corrected chi connectivity index (χ2v) is 3.02. The van der Waals surface area contributed by atoms with Crippen LogP contribution in [0.2, 0.25) is 0 Å². The summed E-state index contributed by atoms with van der Waals surface area (Å²) in [4.78, 5) is 0. The molecule has 2 rings (SSSR count). The topological polar surface area (TPSA) is 20.2 Å². The van der Waals surface area contributed by atoms with Crippen molar-refractivity contribution in [3.8, 4) is 0 Å². The Labute approximate surface area is 66.7 Å². The van der Waals surface area contributed by atoms with Crippen LogP contribution in [0.3, 0.4) is 0 Å². The van der Waals surface area contributed by atoms with E-state index in [1.807, 2.05) is 12.1 Å². The lowest BCUT2D eigenvalue weighted by atomic mass is 9.90. The first-order valence-electron chi connectivity index (χ1n) is 4.05. The number of benzene rings is 1. The van der Waals surface area contributed by atoms with Crippen LogP contribution in [0.4, 0.5) is 0 Å². The van der Waals surface area contributed by atoms with Crippen LogP contribution in [0.1, 0.15) is 30.1 Å². The Morgan fingerprint density at radius 1 is 1.55 bits per heavy atom. The number of aryl methyl sites for hydroxylation is 1. The highest BCUT2D eigenvalue weighted by atomic mass is 16.3. The summed E-state index contributed by atoms with van der Waals surface area (Å²) in [7, 11) is 0. The van der Waals surface area contributed by atoms with E-state index in [2.05, 4.69) is 12.1 Å². The fourth-order valence-corrected chi connectivity index (χ4v) is 1.64. The summed E-state index contributed by atoms with van der Waals surface area (Å²) < 4.78 is 0. The van der Waals surface area contributed by atoms with Crippen LogP contribution in [0.5, 0.6) is 0 Å². The van der Waals surface area contributed by atoms with E-state index in [0.29, 0.717) is 0 Å². The van der Waals surface area contributed by atoms with Gasteiger partial charge in [-0.15, -0.1) is 0 Å². The number of fused-ring (bicyclic) bond motifs is 1. The van der Waals surface area contributed by atoms with Gasteiger partial charge in [0, 0.05) is 0 Å². The molecule has 0 fully saturated rings. The molecule has 0 bridgehead atoms. The molecule has 57 valence electrons. The molecular formula is C10H11O. The highest BCUT2D eigenvalue weighted by Gasteiger charge is 2.16. The van der Waals surface area contributed by atoms with Gasteiger partial charge in [-0.3, -0.25) is 0 Å². The van der Waals surface area contributed by atoms with Crippen LogP contribution in [-0.2, 0) is 6.42 Å². The van der Waals surface area contributed by atoms with Gasteiger partial charge in [0.1, 0.15) is 0 Å². The minimum atomic E-state index is -0.264. The van der Waals surface area contributed by atoms with Gasteiger partial charge in [-0.25, -0.2) is 0 Å². The summed E-state index contributed by atoms with van der Waals surface area (Å²) in [6.07, 6.45) is 2.84. The predicted molar refractivity (Wildman–Crippen MR) is 43.2 cm³/mol. The lowest BCUT2D eigenvalue weighted by Crippen LogP contribution is -2.08. The number of rotatable bonds is 0. The molecule has 1 aromatic rings. The second-order valence-electron chi connectivity index (χ2n) is 3.02. The third kappa shape index (κ3) is 1.16. The van der Waals surface area contributed by atoms with Crippen molar-refractivity contribution >= 4 is 0 Å². The molecule has 1 N–H and O–H groups in total. The minimum Gasteiger partial charge on any atom is -0.388 e. The molecule has 0 saturated heterocycles. The Balaban J connectivity index is 2.44. The standard InChI is InChI=1S/C10H11O/c11-10-7-3-5-8-4-1-2-6-9(8)10/h1-2,4,10-11H,3,5,7H2. The fourth-order valence-electron chi connectivity index (χ4n) is 1.64. The Kier molecular flexibility index (Phi) is 1.66. The fraction of sp³-hybridized carbons (Fsp3) is 0.400. The molecule has 11 heavy (non-hydrogen) atoms. The maximum Gasteiger partial charge on any atom is 0.0798 e. The van der Waals surface area contributed by atoms with Crippen LogP contribution >= 0.6 is 0 Å². The molecule has 1 unspecified atom stereocenters. The lowest BCUT2D eigenvalue weighted by molar-refractivity contribution is 0.156. The maximum atomic E-state index is 9.53. The van der Waals surface area contributed by atoms with E-state index in [9.17, 15) is 5.11 Å². The molecule has 0 aromatic heterocycles. The molecule has 1 aliphatic rings. The quantitative estimate of drug-likeness (QED) is 0.593. The van der Waals surface area contributed by atoms with Gasteiger partial charge in [-0.2, -0.15) is 0 Å². The molecule has 0 spiro atoms. The largest absolute Gasteiger partial charge is 0.388 e. The van der Waals surface area contributed by atoms with Crippen LogP contribution in [-0.4, -0.2) is 5.11 Å². The Morgan fingerprint density at radius 3 is 3.27 bits per heavy atom. The van der Waals surface area contributed by atoms with Crippen molar-refractivity contribution in [2.75, 3.05) is 0 Å². The molecule has 1 aliphatic carbocycles. The average molecular weight is 147 g/mol. The molecule has 1 radical (unpaired) electrons. The number of aliphatic hydroxyl groups is 1. The molecule has 1 atom stereocenters. The summed E-state index contributed by atoms with van der Waals surface area (Å²) in [5.74, 6) is 0. The monoisotopic (exact) mass is 147 g/mol. The third-order valence-corrected chi connectivity index (χ3v) is 2.24. The van der Waals surface area contributed by atoms with Crippen LogP contribution in [0, 0.1) is 6.07 Å². The van der Waals surface area contributed by atoms with Gasteiger partial charge in [-0.1, -0.05) is 18.2 Å². The maximum absolute atomic E-state index is 9.53. The average Bonchev–Trinajstić information content (AvgIpc) is 2.06. The number of aliphatic hydroxyl groups excluding tert-OH is 1. The van der Waals surface area contributed by atoms with Crippen molar-refractivity contribution in [3.63, 3.8) is 0 Å². The van der Waals surface area contributed by atoms with E-state index >= 15 is 0 Å². The van der Waals surface area contributed by atoms with Crippen LogP contribution in [0.25, 0.3) is 0 Å². The molecule has 0 amide bonds. The third-order valence-electron chi connectivity index (χ3n) is 2.24. The molecule has 1 heteroatoms. The molecule has 0 saturated carbocycles. The Morgan fingerprint density at radius 2 is 2.45 bits per heavy atom. The Hall–Kier alpha value is -0.820. The molecular weight excluding hydrogens is 136 g/mol. The van der Waals surface area contributed by atoms with Crippen molar-refractivity contribution in [2.45, 2.75) is 25.4 Å². The smallest absolute Gasteiger partial charge is 0.0798 e. The van der Waals surface area contributed by atoms with E-state index in [0.717, 1.165) is 24.8 Å². The second kappa shape index (κ2) is 2.67. The van der Waals surface area contributed by atoms with Crippen molar-refractivity contribution in [1.29, 1.82) is 0 Å². The van der Waals surface area contributed by atoms with Gasteiger partial charge >= 0.3 is 0 Å². The van der Waals surface area contributed by atoms with Crippen molar-refractivity contribution < 1.29 is 5.11 Å². The first kappa shape index (κ1) is 6.86. The molecule has 1 nitrogen and oxygen atoms in total. The number of hydrogen-bond donors (Lipinski definition) is 1. The van der Waals surface area contributed by atoms with Gasteiger partial charge in [0.25, 0.3) is 0 Å². The first-order valence-corrected chi connectivity index (χ1v) is 4.05. The van der Waals surface area contributed by atoms with Crippen molar-refractivity contribution in [2.24, 2.45) is 0 Å². The van der Waals surface area contributed by atoms with Gasteiger partial charge in [0.2, 0.25) is 0 Å². The van der Waals surface area contributed by atoms with Crippen LogP contribution in [0.15, 0.2) is 18.2 Å². The summed E-state index contributed by atoms with van der Waals surface area (Å²) in [5, 5.41) is 9.53. The van der Waals surface area contributed by atoms with Crippen molar-refractivity contribution in [3.05, 3.63) is 35.4 Å². The SMILES string of the molecule is OC1CCCc2ccc[c]c21. The highest BCUT2D eigenvalue weighted by molar-refractivity contribution is 5.29. The van der Waals surface area contributed by atoms with Gasteiger partial charge in [0.15, 0.2) is 0 Å². The minimum absolute atomic E-state index is 0.264. The highest BCUT2D eigenvalue weighted by Crippen LogP contribution is 2.28. The van der Waals surface area contributed by atoms with E-state index in [1.165, 1.54) is 5.56 Å². The first-order chi connectivity index (χ1) is 5.38. The lowest BCUT2D eigenvalue weighted by Gasteiger charge is -2.20. The number of hydrogen-bond acceptors (Lipinski definition) is 1. The van der Waals surface area contributed by atoms with E-state index in [1.54, 1.807) is 0 Å². The molecule has 1 aromatic carbocycles. The molecule has 0 aliphatic heterocycles. The Bertz CT molecular complexity index is 255. The predicted octanol–water partition coefficient (Wildman–Crippen LogP) is 1.86. The zero-order chi connectivity index (χ0) is 7.68. The van der Waals surface area contributed by atoms with Gasteiger partial charge in [0.05, 0.1) is 6.10 Å². The van der Waals surface area contributed by atoms with Gasteiger partial charge in [-0.05, 0) is 36.5 Å². The molecule has 0 heterocycles. The van der Waals surface area contributed by atoms with Crippen molar-refractivity contribution in [1.82, 2.24) is 0 Å². The summed E-state index contributed by atoms with van der Waals surface area (Å²) in [5.41, 5.74) is 2.28. The van der Waals surface area contributed by atoms with E-state index in [4.69, 9.17) is 0 Å². The summed E-state index contributed by atoms with van der Waals surface area (Å²) >= 11 is 0. The van der Waals surface area contributed by atoms with E-state index < -0.39 is 0 Å². The van der Waals surface area contributed by atoms with E-state index in [-0.39, 0.29) is 6.10 Å².